The molecule has 3 aromatic rings. The molecule has 1 fully saturated rings. The van der Waals surface area contributed by atoms with Crippen molar-refractivity contribution in [3.63, 3.8) is 0 Å². The minimum atomic E-state index is -0.247. The summed E-state index contributed by atoms with van der Waals surface area (Å²) in [7, 11) is 1.47. The van der Waals surface area contributed by atoms with E-state index in [0.717, 1.165) is 5.69 Å². The van der Waals surface area contributed by atoms with Gasteiger partial charge in [-0.3, -0.25) is 4.79 Å². The third-order valence-electron chi connectivity index (χ3n) is 4.24. The van der Waals surface area contributed by atoms with Gasteiger partial charge in [0.05, 0.1) is 17.7 Å². The van der Waals surface area contributed by atoms with Gasteiger partial charge in [-0.25, -0.2) is 4.68 Å². The van der Waals surface area contributed by atoms with E-state index in [4.69, 9.17) is 17.0 Å². The Morgan fingerprint density at radius 1 is 1.24 bits per heavy atom. The fourth-order valence-corrected chi connectivity index (χ4v) is 3.94. The molecule has 0 aliphatic carbocycles. The number of hydrogen-bond donors (Lipinski definition) is 1. The van der Waals surface area contributed by atoms with Gasteiger partial charge in [0.1, 0.15) is 15.8 Å². The van der Waals surface area contributed by atoms with Gasteiger partial charge in [-0.15, -0.1) is 4.91 Å². The van der Waals surface area contributed by atoms with Crippen LogP contribution in [-0.4, -0.2) is 27.1 Å². The van der Waals surface area contributed by atoms with Crippen molar-refractivity contribution in [3.8, 4) is 22.7 Å². The molecule has 7 nitrogen and oxygen atoms in total. The fourth-order valence-electron chi connectivity index (χ4n) is 2.90. The number of carbonyl (C=O) groups is 1. The van der Waals surface area contributed by atoms with E-state index in [1.807, 2.05) is 36.5 Å². The molecular formula is C20H14N4O3S2. The molecule has 1 amide bonds. The van der Waals surface area contributed by atoms with Crippen LogP contribution < -0.4 is 10.1 Å². The summed E-state index contributed by atoms with van der Waals surface area (Å²) in [6.45, 7) is 0. The number of nitrogens with one attached hydrogen (secondary N) is 1. The van der Waals surface area contributed by atoms with Crippen molar-refractivity contribution in [2.24, 2.45) is 5.18 Å². The van der Waals surface area contributed by atoms with Gasteiger partial charge in [0.25, 0.3) is 5.91 Å². The second-order valence-electron chi connectivity index (χ2n) is 6.04. The Balaban J connectivity index is 1.87. The summed E-state index contributed by atoms with van der Waals surface area (Å²) in [5.41, 5.74) is 3.01. The number of carbonyl (C=O) groups excluding carboxylic acids is 1. The smallest absolute Gasteiger partial charge is 0.263 e. The molecular weight excluding hydrogens is 408 g/mol. The predicted molar refractivity (Wildman–Crippen MR) is 117 cm³/mol. The summed E-state index contributed by atoms with van der Waals surface area (Å²) in [5.74, 6) is 0.130. The Kier molecular flexibility index (Phi) is 5.24. The summed E-state index contributed by atoms with van der Waals surface area (Å²) in [5, 5.41) is 10.3. The van der Waals surface area contributed by atoms with Gasteiger partial charge in [0.15, 0.2) is 5.69 Å². The molecule has 0 spiro atoms. The van der Waals surface area contributed by atoms with E-state index < -0.39 is 0 Å². The quantitative estimate of drug-likeness (QED) is 0.372. The molecule has 2 heterocycles. The number of methoxy groups -OCH3 is 1. The van der Waals surface area contributed by atoms with Gasteiger partial charge in [0.2, 0.25) is 0 Å². The van der Waals surface area contributed by atoms with Crippen LogP contribution in [0.4, 0.5) is 5.69 Å². The molecule has 0 unspecified atom stereocenters. The first-order valence-electron chi connectivity index (χ1n) is 8.51. The summed E-state index contributed by atoms with van der Waals surface area (Å²) in [6.07, 6.45) is 3.56. The van der Waals surface area contributed by atoms with Gasteiger partial charge < -0.3 is 10.1 Å². The molecule has 1 aliphatic heterocycles. The first kappa shape index (κ1) is 19.0. The van der Waals surface area contributed by atoms with Crippen molar-refractivity contribution in [1.29, 1.82) is 0 Å². The number of aromatic nitrogens is 2. The Labute approximate surface area is 175 Å². The molecule has 0 bridgehead atoms. The highest BCUT2D eigenvalue weighted by Crippen LogP contribution is 2.35. The Hall–Kier alpha value is -3.30. The first-order chi connectivity index (χ1) is 14.1. The minimum absolute atomic E-state index is 0.173. The number of hydrogen-bond acceptors (Lipinski definition) is 7. The molecule has 144 valence electrons. The number of para-hydroxylation sites is 1. The molecule has 0 atom stereocenters. The number of thioether (sulfide) groups is 1. The van der Waals surface area contributed by atoms with Crippen LogP contribution in [0.5, 0.6) is 5.75 Å². The van der Waals surface area contributed by atoms with E-state index >= 15 is 0 Å². The zero-order valence-corrected chi connectivity index (χ0v) is 16.8. The molecule has 2 aromatic carbocycles. The normalized spacial score (nSPS) is 14.9. The topological polar surface area (TPSA) is 85.6 Å². The van der Waals surface area contributed by atoms with Crippen LogP contribution in [-0.2, 0) is 4.79 Å². The van der Waals surface area contributed by atoms with Crippen molar-refractivity contribution < 1.29 is 9.53 Å². The highest BCUT2D eigenvalue weighted by atomic mass is 32.2. The molecule has 4 rings (SSSR count). The van der Waals surface area contributed by atoms with Crippen LogP contribution in [0.3, 0.4) is 0 Å². The Morgan fingerprint density at radius 2 is 2.03 bits per heavy atom. The van der Waals surface area contributed by atoms with Crippen LogP contribution in [0.25, 0.3) is 23.0 Å². The third kappa shape index (κ3) is 3.82. The summed E-state index contributed by atoms with van der Waals surface area (Å²) >= 11 is 6.26. The van der Waals surface area contributed by atoms with Gasteiger partial charge in [-0.2, -0.15) is 5.10 Å². The maximum Gasteiger partial charge on any atom is 0.263 e. The molecule has 0 radical (unpaired) electrons. The number of nitrogens with zero attached hydrogens (tertiary/aromatic N) is 3. The van der Waals surface area contributed by atoms with Crippen LogP contribution >= 0.6 is 24.0 Å². The zero-order chi connectivity index (χ0) is 20.4. The molecule has 1 N–H and O–H groups in total. The highest BCUT2D eigenvalue weighted by molar-refractivity contribution is 8.26. The van der Waals surface area contributed by atoms with E-state index in [1.54, 1.807) is 29.0 Å². The van der Waals surface area contributed by atoms with E-state index in [1.165, 1.54) is 18.9 Å². The molecule has 9 heteroatoms. The SMILES string of the molecule is COc1ccc(-c2nn(-c3ccccc3)cc2/C=C2\SC(=S)NC2=O)cc1N=O. The lowest BCUT2D eigenvalue weighted by Gasteiger charge is -2.05. The summed E-state index contributed by atoms with van der Waals surface area (Å²) in [6, 6.07) is 14.7. The zero-order valence-electron chi connectivity index (χ0n) is 15.2. The fraction of sp³-hybridized carbons (Fsp3) is 0.0500. The maximum absolute atomic E-state index is 12.1. The van der Waals surface area contributed by atoms with Crippen molar-refractivity contribution >= 4 is 46.0 Å². The molecule has 1 aliphatic rings. The van der Waals surface area contributed by atoms with Gasteiger partial charge in [0, 0.05) is 17.3 Å². The number of ether oxygens (including phenoxy) is 1. The lowest BCUT2D eigenvalue weighted by Crippen LogP contribution is -2.17. The van der Waals surface area contributed by atoms with Crippen molar-refractivity contribution in [2.75, 3.05) is 7.11 Å². The average Bonchev–Trinajstić information content (AvgIpc) is 3.31. The maximum atomic E-state index is 12.1. The van der Waals surface area contributed by atoms with Crippen molar-refractivity contribution in [2.45, 2.75) is 0 Å². The third-order valence-corrected chi connectivity index (χ3v) is 5.41. The number of nitroso groups, excluding NO2 is 1. The molecule has 1 saturated heterocycles. The predicted octanol–water partition coefficient (Wildman–Crippen LogP) is 4.43. The average molecular weight is 422 g/mol. The lowest BCUT2D eigenvalue weighted by molar-refractivity contribution is -0.115. The lowest BCUT2D eigenvalue weighted by atomic mass is 10.1. The Bertz CT molecular complexity index is 1160. The van der Waals surface area contributed by atoms with E-state index in [2.05, 4.69) is 15.6 Å². The minimum Gasteiger partial charge on any atom is -0.494 e. The van der Waals surface area contributed by atoms with Crippen molar-refractivity contribution in [1.82, 2.24) is 15.1 Å². The number of thiocarbonyl (C=S) groups is 1. The molecule has 0 saturated carbocycles. The Morgan fingerprint density at radius 3 is 2.69 bits per heavy atom. The van der Waals surface area contributed by atoms with Crippen LogP contribution in [0.2, 0.25) is 0 Å². The van der Waals surface area contributed by atoms with Crippen molar-refractivity contribution in [3.05, 3.63) is 70.1 Å². The van der Waals surface area contributed by atoms with Gasteiger partial charge >= 0.3 is 0 Å². The monoisotopic (exact) mass is 422 g/mol. The van der Waals surface area contributed by atoms with Gasteiger partial charge in [-0.1, -0.05) is 42.2 Å². The highest BCUT2D eigenvalue weighted by Gasteiger charge is 2.23. The summed E-state index contributed by atoms with van der Waals surface area (Å²) < 4.78 is 7.29. The summed E-state index contributed by atoms with van der Waals surface area (Å²) in [4.78, 5) is 23.8. The van der Waals surface area contributed by atoms with Crippen LogP contribution in [0.15, 0.2) is 64.8 Å². The largest absolute Gasteiger partial charge is 0.494 e. The number of rotatable bonds is 5. The van der Waals surface area contributed by atoms with E-state index in [-0.39, 0.29) is 11.6 Å². The van der Waals surface area contributed by atoms with Gasteiger partial charge in [-0.05, 0) is 41.6 Å². The number of benzene rings is 2. The van der Waals surface area contributed by atoms with E-state index in [9.17, 15) is 9.70 Å². The van der Waals surface area contributed by atoms with Crippen LogP contribution in [0.1, 0.15) is 5.56 Å². The second kappa shape index (κ2) is 7.98. The first-order valence-corrected chi connectivity index (χ1v) is 9.73. The standard InChI is InChI=1S/C20H14N4O3S2/c1-27-16-8-7-12(9-15(16)23-26)18-13(10-17-19(25)21-20(28)29-17)11-24(22-18)14-5-3-2-4-6-14/h2-11H,1H3,(H,21,25,28)/b17-10-. The molecule has 29 heavy (non-hydrogen) atoms. The second-order valence-corrected chi connectivity index (χ2v) is 7.76. The molecule has 1 aromatic heterocycles. The van der Waals surface area contributed by atoms with E-state index in [0.29, 0.717) is 31.8 Å². The van der Waals surface area contributed by atoms with Crippen LogP contribution in [0, 0.1) is 4.91 Å². The number of amides is 1.